The van der Waals surface area contributed by atoms with Gasteiger partial charge in [-0.1, -0.05) is 13.8 Å². The highest BCUT2D eigenvalue weighted by Crippen LogP contribution is 2.33. The highest BCUT2D eigenvalue weighted by molar-refractivity contribution is 5.72. The Morgan fingerprint density at radius 3 is 2.33 bits per heavy atom. The number of hydrogen-bond donors (Lipinski definition) is 0. The van der Waals surface area contributed by atoms with Crippen molar-refractivity contribution in [2.75, 3.05) is 6.61 Å². The van der Waals surface area contributed by atoms with Crippen molar-refractivity contribution in [1.29, 1.82) is 0 Å². The van der Waals surface area contributed by atoms with Crippen LogP contribution in [0.5, 0.6) is 0 Å². The summed E-state index contributed by atoms with van der Waals surface area (Å²) in [7, 11) is 0. The van der Waals surface area contributed by atoms with Crippen LogP contribution in [0.3, 0.4) is 0 Å². The van der Waals surface area contributed by atoms with Gasteiger partial charge in [0.25, 0.3) is 0 Å². The summed E-state index contributed by atoms with van der Waals surface area (Å²) in [4.78, 5) is 11.8. The lowest BCUT2D eigenvalue weighted by molar-refractivity contribution is -0.312. The zero-order valence-corrected chi connectivity index (χ0v) is 12.4. The van der Waals surface area contributed by atoms with E-state index in [9.17, 15) is 4.79 Å². The molecule has 3 atom stereocenters. The van der Waals surface area contributed by atoms with Gasteiger partial charge in [-0.15, -0.1) is 0 Å². The smallest absolute Gasteiger partial charge is 0.311 e. The summed E-state index contributed by atoms with van der Waals surface area (Å²) in [6, 6.07) is 0. The van der Waals surface area contributed by atoms with Gasteiger partial charge in [-0.05, 0) is 33.6 Å². The van der Waals surface area contributed by atoms with Crippen LogP contribution in [0.1, 0.15) is 48.0 Å². The Morgan fingerprint density at radius 1 is 1.28 bits per heavy atom. The molecule has 0 bridgehead atoms. The third-order valence-corrected chi connectivity index (χ3v) is 3.29. The highest BCUT2D eigenvalue weighted by atomic mass is 16.7. The molecule has 0 spiro atoms. The van der Waals surface area contributed by atoms with Gasteiger partial charge >= 0.3 is 5.97 Å². The number of hydrogen-bond acceptors (Lipinski definition) is 4. The summed E-state index contributed by atoms with van der Waals surface area (Å²) in [6.07, 6.45) is 0.719. The van der Waals surface area contributed by atoms with E-state index in [2.05, 4.69) is 13.8 Å². The van der Waals surface area contributed by atoms with Crippen molar-refractivity contribution < 1.29 is 19.0 Å². The van der Waals surface area contributed by atoms with E-state index in [-0.39, 0.29) is 24.1 Å². The monoisotopic (exact) mass is 258 g/mol. The number of carbonyl (C=O) groups excluding carboxylic acids is 1. The first-order valence-electron chi connectivity index (χ1n) is 6.79. The molecule has 1 rings (SSSR count). The third-order valence-electron chi connectivity index (χ3n) is 3.29. The van der Waals surface area contributed by atoms with E-state index in [1.807, 2.05) is 27.7 Å². The molecule has 1 fully saturated rings. The van der Waals surface area contributed by atoms with Crippen molar-refractivity contribution in [1.82, 2.24) is 0 Å². The van der Waals surface area contributed by atoms with Gasteiger partial charge in [-0.2, -0.15) is 0 Å². The van der Waals surface area contributed by atoms with Crippen molar-refractivity contribution >= 4 is 5.97 Å². The van der Waals surface area contributed by atoms with E-state index < -0.39 is 5.79 Å². The molecule has 1 aliphatic rings. The van der Waals surface area contributed by atoms with Gasteiger partial charge in [0.15, 0.2) is 5.79 Å². The molecule has 106 valence electrons. The summed E-state index contributed by atoms with van der Waals surface area (Å²) in [6.45, 7) is 12.1. The summed E-state index contributed by atoms with van der Waals surface area (Å²) < 4.78 is 16.8. The Kier molecular flexibility index (Phi) is 5.17. The quantitative estimate of drug-likeness (QED) is 0.727. The van der Waals surface area contributed by atoms with E-state index in [1.165, 1.54) is 0 Å². The molecule has 0 radical (unpaired) electrons. The molecule has 0 aliphatic carbocycles. The van der Waals surface area contributed by atoms with Crippen molar-refractivity contribution in [2.24, 2.45) is 11.8 Å². The van der Waals surface area contributed by atoms with Crippen LogP contribution in [0.25, 0.3) is 0 Å². The van der Waals surface area contributed by atoms with Gasteiger partial charge in [0.1, 0.15) is 0 Å². The fourth-order valence-corrected chi connectivity index (χ4v) is 2.22. The lowest BCUT2D eigenvalue weighted by Crippen LogP contribution is -2.49. The van der Waals surface area contributed by atoms with Crippen molar-refractivity contribution in [3.63, 3.8) is 0 Å². The van der Waals surface area contributed by atoms with Crippen molar-refractivity contribution in [3.8, 4) is 0 Å². The average molecular weight is 258 g/mol. The fourth-order valence-electron chi connectivity index (χ4n) is 2.22. The van der Waals surface area contributed by atoms with E-state index in [1.54, 1.807) is 0 Å². The first-order chi connectivity index (χ1) is 8.26. The third kappa shape index (κ3) is 3.95. The second kappa shape index (κ2) is 6.02. The molecular weight excluding hydrogens is 232 g/mol. The van der Waals surface area contributed by atoms with Gasteiger partial charge in [0, 0.05) is 6.42 Å². The van der Waals surface area contributed by atoms with Crippen LogP contribution in [0, 0.1) is 11.8 Å². The fraction of sp³-hybridized carbons (Fsp3) is 0.929. The largest absolute Gasteiger partial charge is 0.466 e. The second-order valence-electron chi connectivity index (χ2n) is 5.73. The van der Waals surface area contributed by atoms with E-state index in [0.717, 1.165) is 6.42 Å². The number of ether oxygens (including phenoxy) is 3. The van der Waals surface area contributed by atoms with Gasteiger partial charge in [0.2, 0.25) is 0 Å². The Morgan fingerprint density at radius 2 is 1.83 bits per heavy atom. The van der Waals surface area contributed by atoms with E-state index in [0.29, 0.717) is 12.5 Å². The van der Waals surface area contributed by atoms with Crippen LogP contribution < -0.4 is 0 Å². The first-order valence-corrected chi connectivity index (χ1v) is 6.79. The van der Waals surface area contributed by atoms with Crippen LogP contribution >= 0.6 is 0 Å². The number of carbonyl (C=O) groups is 1. The number of rotatable bonds is 4. The van der Waals surface area contributed by atoms with Crippen LogP contribution in [0.2, 0.25) is 0 Å². The maximum Gasteiger partial charge on any atom is 0.311 e. The molecule has 0 aromatic carbocycles. The maximum atomic E-state index is 11.8. The molecule has 0 saturated carbocycles. The lowest BCUT2D eigenvalue weighted by atomic mass is 9.92. The Hall–Kier alpha value is -0.610. The molecule has 0 aromatic rings. The summed E-state index contributed by atoms with van der Waals surface area (Å²) in [5.41, 5.74) is 0. The molecule has 1 saturated heterocycles. The molecule has 18 heavy (non-hydrogen) atoms. The Balaban J connectivity index is 2.72. The van der Waals surface area contributed by atoms with Crippen molar-refractivity contribution in [2.45, 2.75) is 66.0 Å². The standard InChI is InChI=1S/C14H26O4/c1-7-16-13(15)10(4)12-8-11(9(2)3)17-14(5,6)18-12/h9-12H,7-8H2,1-6H3/t10-,11+,12-/m0/s1. The van der Waals surface area contributed by atoms with Gasteiger partial charge in [-0.3, -0.25) is 4.79 Å². The molecule has 0 amide bonds. The first kappa shape index (κ1) is 15.4. The Bertz CT molecular complexity index is 286. The highest BCUT2D eigenvalue weighted by Gasteiger charge is 2.41. The maximum absolute atomic E-state index is 11.8. The topological polar surface area (TPSA) is 44.8 Å². The lowest BCUT2D eigenvalue weighted by Gasteiger charge is -2.43. The molecule has 1 aliphatic heterocycles. The predicted molar refractivity (Wildman–Crippen MR) is 69.1 cm³/mol. The van der Waals surface area contributed by atoms with Gasteiger partial charge in [-0.25, -0.2) is 0 Å². The van der Waals surface area contributed by atoms with Crippen molar-refractivity contribution in [3.05, 3.63) is 0 Å². The Labute approximate surface area is 110 Å². The molecule has 1 heterocycles. The minimum atomic E-state index is -0.640. The summed E-state index contributed by atoms with van der Waals surface area (Å²) in [5, 5.41) is 0. The SMILES string of the molecule is CCOC(=O)[C@@H](C)[C@@H]1C[C@H](C(C)C)OC(C)(C)O1. The van der Waals surface area contributed by atoms with Crippen LogP contribution in [-0.2, 0) is 19.0 Å². The second-order valence-corrected chi connectivity index (χ2v) is 5.73. The molecule has 0 unspecified atom stereocenters. The van der Waals surface area contributed by atoms with Crippen LogP contribution in [-0.4, -0.2) is 30.6 Å². The summed E-state index contributed by atoms with van der Waals surface area (Å²) in [5.74, 6) is -0.680. The molecule has 4 heteroatoms. The average Bonchev–Trinajstić information content (AvgIpc) is 2.26. The summed E-state index contributed by atoms with van der Waals surface area (Å²) >= 11 is 0. The molecular formula is C14H26O4. The minimum Gasteiger partial charge on any atom is -0.466 e. The van der Waals surface area contributed by atoms with Crippen LogP contribution in [0.15, 0.2) is 0 Å². The molecule has 0 aromatic heterocycles. The van der Waals surface area contributed by atoms with Gasteiger partial charge < -0.3 is 14.2 Å². The molecule has 0 N–H and O–H groups in total. The number of esters is 1. The van der Waals surface area contributed by atoms with E-state index >= 15 is 0 Å². The van der Waals surface area contributed by atoms with E-state index in [4.69, 9.17) is 14.2 Å². The van der Waals surface area contributed by atoms with Gasteiger partial charge in [0.05, 0.1) is 24.7 Å². The minimum absolute atomic E-state index is 0.121. The van der Waals surface area contributed by atoms with Crippen LogP contribution in [0.4, 0.5) is 0 Å². The predicted octanol–water partition coefficient (Wildman–Crippen LogP) is 2.75. The zero-order chi connectivity index (χ0) is 13.9. The molecule has 4 nitrogen and oxygen atoms in total. The zero-order valence-electron chi connectivity index (χ0n) is 12.4. The normalized spacial score (nSPS) is 29.1.